The third-order valence-corrected chi connectivity index (χ3v) is 2.31. The van der Waals surface area contributed by atoms with Crippen LogP contribution in [0.2, 0.25) is 0 Å². The zero-order chi connectivity index (χ0) is 10.8. The highest BCUT2D eigenvalue weighted by atomic mass is 16.3. The van der Waals surface area contributed by atoms with E-state index in [9.17, 15) is 4.79 Å². The molecule has 1 aromatic rings. The van der Waals surface area contributed by atoms with E-state index in [-0.39, 0.29) is 23.8 Å². The Morgan fingerprint density at radius 2 is 2.29 bits per heavy atom. The van der Waals surface area contributed by atoms with Crippen LogP contribution in [0, 0.1) is 5.41 Å². The fourth-order valence-corrected chi connectivity index (χ4v) is 1.59. The van der Waals surface area contributed by atoms with Crippen LogP contribution in [0.4, 0.5) is 0 Å². The fraction of sp³-hybridized carbons (Fsp3) is 0.778. The van der Waals surface area contributed by atoms with Crippen molar-refractivity contribution < 1.29 is 5.11 Å². The molecule has 0 saturated heterocycles. The smallest absolute Gasteiger partial charge is 0.343 e. The van der Waals surface area contributed by atoms with Crippen molar-refractivity contribution in [3.8, 4) is 0 Å². The Balaban J connectivity index is 3.01. The molecule has 0 aromatic carbocycles. The predicted octanol–water partition coefficient (Wildman–Crippen LogP) is 0.541. The summed E-state index contributed by atoms with van der Waals surface area (Å²) in [4.78, 5) is 11.3. The van der Waals surface area contributed by atoms with Gasteiger partial charge < -0.3 is 5.11 Å². The molecule has 5 nitrogen and oxygen atoms in total. The third kappa shape index (κ3) is 2.23. The van der Waals surface area contributed by atoms with Gasteiger partial charge in [-0.05, 0) is 11.8 Å². The van der Waals surface area contributed by atoms with Crippen LogP contribution < -0.4 is 5.69 Å². The van der Waals surface area contributed by atoms with Gasteiger partial charge >= 0.3 is 5.69 Å². The Hall–Kier alpha value is -1.10. The monoisotopic (exact) mass is 199 g/mol. The van der Waals surface area contributed by atoms with E-state index in [2.05, 4.69) is 10.2 Å². The number of rotatable bonds is 3. The van der Waals surface area contributed by atoms with Crippen molar-refractivity contribution in [1.29, 1.82) is 0 Å². The second-order valence-corrected chi connectivity index (χ2v) is 4.46. The lowest BCUT2D eigenvalue weighted by Gasteiger charge is -2.30. The lowest BCUT2D eigenvalue weighted by molar-refractivity contribution is 0.175. The summed E-state index contributed by atoms with van der Waals surface area (Å²) in [6.07, 6.45) is 2.04. The molecule has 1 atom stereocenters. The summed E-state index contributed by atoms with van der Waals surface area (Å²) in [5.41, 5.74) is -0.297. The Labute approximate surface area is 82.8 Å². The summed E-state index contributed by atoms with van der Waals surface area (Å²) in [5.74, 6) is 0. The zero-order valence-corrected chi connectivity index (χ0v) is 8.82. The first kappa shape index (κ1) is 11.0. The van der Waals surface area contributed by atoms with Gasteiger partial charge in [0.05, 0.1) is 0 Å². The maximum atomic E-state index is 11.3. The maximum absolute atomic E-state index is 11.3. The molecule has 0 aliphatic rings. The largest absolute Gasteiger partial charge is 0.396 e. The molecule has 0 amide bonds. The molecular formula is C9H17N3O2. The quantitative estimate of drug-likeness (QED) is 0.746. The van der Waals surface area contributed by atoms with E-state index in [4.69, 9.17) is 5.11 Å². The Kier molecular flexibility index (Phi) is 3.10. The van der Waals surface area contributed by atoms with Gasteiger partial charge in [0.25, 0.3) is 0 Å². The first-order valence-electron chi connectivity index (χ1n) is 4.69. The van der Waals surface area contributed by atoms with Crippen LogP contribution in [0.3, 0.4) is 0 Å². The first-order chi connectivity index (χ1) is 6.46. The van der Waals surface area contributed by atoms with E-state index in [1.807, 2.05) is 20.8 Å². The number of aliphatic hydroxyl groups excluding tert-OH is 1. The molecule has 0 fully saturated rings. The van der Waals surface area contributed by atoms with Crippen LogP contribution in [-0.4, -0.2) is 26.5 Å². The van der Waals surface area contributed by atoms with E-state index < -0.39 is 0 Å². The van der Waals surface area contributed by atoms with E-state index in [1.54, 1.807) is 0 Å². The number of nitrogens with zero attached hydrogens (tertiary/aromatic N) is 2. The van der Waals surface area contributed by atoms with Crippen LogP contribution in [0.1, 0.15) is 33.2 Å². The summed E-state index contributed by atoms with van der Waals surface area (Å²) < 4.78 is 1.54. The number of hydrogen-bond acceptors (Lipinski definition) is 3. The average molecular weight is 199 g/mol. The van der Waals surface area contributed by atoms with Gasteiger partial charge in [-0.15, -0.1) is 0 Å². The van der Waals surface area contributed by atoms with Crippen LogP contribution in [-0.2, 0) is 0 Å². The molecule has 1 unspecified atom stereocenters. The fourth-order valence-electron chi connectivity index (χ4n) is 1.59. The summed E-state index contributed by atoms with van der Waals surface area (Å²) in [6, 6.07) is -0.0289. The second-order valence-electron chi connectivity index (χ2n) is 4.46. The average Bonchev–Trinajstić information content (AvgIpc) is 2.45. The number of aliphatic hydroxyl groups is 1. The van der Waals surface area contributed by atoms with Crippen molar-refractivity contribution in [1.82, 2.24) is 14.8 Å². The van der Waals surface area contributed by atoms with E-state index in [0.29, 0.717) is 6.42 Å². The number of nitrogens with one attached hydrogen (secondary N) is 1. The van der Waals surface area contributed by atoms with Gasteiger partial charge in [-0.2, -0.15) is 5.10 Å². The minimum atomic E-state index is -0.224. The van der Waals surface area contributed by atoms with E-state index in [1.165, 1.54) is 10.9 Å². The van der Waals surface area contributed by atoms with Gasteiger partial charge in [0, 0.05) is 12.6 Å². The van der Waals surface area contributed by atoms with Crippen LogP contribution >= 0.6 is 0 Å². The zero-order valence-electron chi connectivity index (χ0n) is 8.82. The number of aromatic nitrogens is 3. The molecule has 5 heteroatoms. The number of H-pyrrole nitrogens is 1. The topological polar surface area (TPSA) is 70.9 Å². The highest BCUT2D eigenvalue weighted by molar-refractivity contribution is 4.82. The minimum absolute atomic E-state index is 0.0289. The second kappa shape index (κ2) is 3.96. The molecule has 1 aromatic heterocycles. The third-order valence-electron chi connectivity index (χ3n) is 2.31. The van der Waals surface area contributed by atoms with E-state index >= 15 is 0 Å². The van der Waals surface area contributed by atoms with Crippen LogP contribution in [0.5, 0.6) is 0 Å². The maximum Gasteiger partial charge on any atom is 0.343 e. The lowest BCUT2D eigenvalue weighted by atomic mass is 9.85. The molecule has 0 bridgehead atoms. The molecule has 0 aliphatic heterocycles. The van der Waals surface area contributed by atoms with Gasteiger partial charge in [-0.3, -0.25) is 4.57 Å². The minimum Gasteiger partial charge on any atom is -0.396 e. The van der Waals surface area contributed by atoms with E-state index in [0.717, 1.165) is 0 Å². The summed E-state index contributed by atoms with van der Waals surface area (Å²) in [5, 5.41) is 15.0. The highest BCUT2D eigenvalue weighted by Gasteiger charge is 2.26. The highest BCUT2D eigenvalue weighted by Crippen LogP contribution is 2.31. The predicted molar refractivity (Wildman–Crippen MR) is 53.0 cm³/mol. The Morgan fingerprint density at radius 1 is 1.64 bits per heavy atom. The normalized spacial score (nSPS) is 14.3. The van der Waals surface area contributed by atoms with Crippen LogP contribution in [0.25, 0.3) is 0 Å². The molecule has 2 N–H and O–H groups in total. The molecule has 1 rings (SSSR count). The van der Waals surface area contributed by atoms with Crippen molar-refractivity contribution in [3.05, 3.63) is 16.8 Å². The number of aromatic amines is 1. The molecule has 0 spiro atoms. The van der Waals surface area contributed by atoms with Gasteiger partial charge in [0.1, 0.15) is 6.33 Å². The molecule has 0 saturated carbocycles. The van der Waals surface area contributed by atoms with Gasteiger partial charge in [-0.1, -0.05) is 20.8 Å². The standard InChI is InChI=1S/C9H17N3O2/c1-9(2,3)7(4-5-13)12-6-10-11-8(12)14/h6-7,13H,4-5H2,1-3H3,(H,11,14). The summed E-state index contributed by atoms with van der Waals surface area (Å²) >= 11 is 0. The lowest BCUT2D eigenvalue weighted by Crippen LogP contribution is -2.31. The Bertz CT molecular complexity index is 334. The van der Waals surface area contributed by atoms with Crippen molar-refractivity contribution in [2.24, 2.45) is 5.41 Å². The molecule has 0 radical (unpaired) electrons. The summed E-state index contributed by atoms with van der Waals surface area (Å²) in [7, 11) is 0. The first-order valence-corrected chi connectivity index (χ1v) is 4.69. The van der Waals surface area contributed by atoms with Gasteiger partial charge in [0.15, 0.2) is 0 Å². The van der Waals surface area contributed by atoms with Crippen molar-refractivity contribution in [2.45, 2.75) is 33.2 Å². The van der Waals surface area contributed by atoms with Crippen molar-refractivity contribution >= 4 is 0 Å². The molecule has 14 heavy (non-hydrogen) atoms. The SMILES string of the molecule is CC(C)(C)C(CCO)n1cn[nH]c1=O. The molecule has 80 valence electrons. The van der Waals surface area contributed by atoms with Crippen molar-refractivity contribution in [2.75, 3.05) is 6.61 Å². The van der Waals surface area contributed by atoms with Crippen LogP contribution in [0.15, 0.2) is 11.1 Å². The molecular weight excluding hydrogens is 182 g/mol. The van der Waals surface area contributed by atoms with Gasteiger partial charge in [0.2, 0.25) is 0 Å². The molecule has 0 aliphatic carbocycles. The number of hydrogen-bond donors (Lipinski definition) is 2. The van der Waals surface area contributed by atoms with Gasteiger partial charge in [-0.25, -0.2) is 9.89 Å². The summed E-state index contributed by atoms with van der Waals surface area (Å²) in [6.45, 7) is 6.17. The molecule has 1 heterocycles. The van der Waals surface area contributed by atoms with Crippen molar-refractivity contribution in [3.63, 3.8) is 0 Å². The Morgan fingerprint density at radius 3 is 2.64 bits per heavy atom.